The lowest BCUT2D eigenvalue weighted by molar-refractivity contribution is -0.174. The fraction of sp³-hybridized carbons (Fsp3) is 0.742. The summed E-state index contributed by atoms with van der Waals surface area (Å²) in [5.74, 6) is 1.00. The van der Waals surface area contributed by atoms with Crippen LogP contribution in [0.4, 0.5) is 8.78 Å². The first-order valence-electron chi connectivity index (χ1n) is 14.7. The van der Waals surface area contributed by atoms with Crippen LogP contribution < -0.4 is 5.63 Å². The summed E-state index contributed by atoms with van der Waals surface area (Å²) >= 11 is 0. The molecule has 2 N–H and O–H groups in total. The molecular formula is C31H41F2NO4. The van der Waals surface area contributed by atoms with E-state index in [-0.39, 0.29) is 39.8 Å². The van der Waals surface area contributed by atoms with Gasteiger partial charge in [-0.25, -0.2) is 18.6 Å². The number of hydrogen-bond donors (Lipinski definition) is 2. The summed E-state index contributed by atoms with van der Waals surface area (Å²) in [5.41, 5.74) is -0.507. The van der Waals surface area contributed by atoms with Gasteiger partial charge in [-0.1, -0.05) is 20.8 Å². The number of fused-ring (bicyclic) bond motifs is 6. The number of aliphatic hydroxyl groups excluding tert-OH is 2. The van der Waals surface area contributed by atoms with Gasteiger partial charge in [-0.2, -0.15) is 0 Å². The van der Waals surface area contributed by atoms with E-state index in [1.807, 2.05) is 0 Å². The first kappa shape index (κ1) is 26.4. The van der Waals surface area contributed by atoms with Crippen molar-refractivity contribution in [2.24, 2.45) is 46.3 Å². The fourth-order valence-electron chi connectivity index (χ4n) is 9.93. The zero-order valence-electron chi connectivity index (χ0n) is 22.8. The van der Waals surface area contributed by atoms with E-state index in [0.29, 0.717) is 41.9 Å². The zero-order valence-corrected chi connectivity index (χ0v) is 22.8. The number of nitrogens with zero attached hydrogens (tertiary/aromatic N) is 1. The molecule has 6 rings (SSSR count). The summed E-state index contributed by atoms with van der Waals surface area (Å²) in [7, 11) is 0. The van der Waals surface area contributed by atoms with Gasteiger partial charge in [0.1, 0.15) is 0 Å². The van der Waals surface area contributed by atoms with E-state index in [9.17, 15) is 23.8 Å². The molecule has 38 heavy (non-hydrogen) atoms. The van der Waals surface area contributed by atoms with Crippen molar-refractivity contribution in [1.29, 1.82) is 0 Å². The number of rotatable bonds is 4. The average Bonchev–Trinajstić information content (AvgIpc) is 3.24. The summed E-state index contributed by atoms with van der Waals surface area (Å²) < 4.78 is 32.7. The monoisotopic (exact) mass is 529 g/mol. The van der Waals surface area contributed by atoms with Gasteiger partial charge in [0.2, 0.25) is 0 Å². The van der Waals surface area contributed by atoms with Crippen LogP contribution in [0.15, 0.2) is 21.3 Å². The van der Waals surface area contributed by atoms with Crippen LogP contribution in [-0.4, -0.2) is 27.4 Å². The van der Waals surface area contributed by atoms with Crippen LogP contribution >= 0.6 is 0 Å². The second-order valence-corrected chi connectivity index (χ2v) is 13.6. The average molecular weight is 530 g/mol. The van der Waals surface area contributed by atoms with E-state index in [2.05, 4.69) is 25.8 Å². The van der Waals surface area contributed by atoms with Crippen molar-refractivity contribution in [3.05, 3.63) is 40.1 Å². The van der Waals surface area contributed by atoms with Crippen LogP contribution in [0.1, 0.15) is 84.4 Å². The minimum absolute atomic E-state index is 0.0531. The van der Waals surface area contributed by atoms with Gasteiger partial charge in [-0.15, -0.1) is 0 Å². The Morgan fingerprint density at radius 3 is 2.61 bits per heavy atom. The Labute approximate surface area is 223 Å². The van der Waals surface area contributed by atoms with E-state index >= 15 is 0 Å². The molecule has 4 aliphatic rings. The largest absolute Gasteiger partial charge is 0.408 e. The Bertz CT molecular complexity index is 1280. The summed E-state index contributed by atoms with van der Waals surface area (Å²) in [4.78, 5) is 16.7. The zero-order chi connectivity index (χ0) is 27.0. The van der Waals surface area contributed by atoms with E-state index in [0.717, 1.165) is 57.1 Å². The lowest BCUT2D eigenvalue weighted by Crippen LogP contribution is -2.58. The van der Waals surface area contributed by atoms with Crippen LogP contribution in [0.5, 0.6) is 0 Å². The molecular weight excluding hydrogens is 488 g/mol. The van der Waals surface area contributed by atoms with Gasteiger partial charge in [-0.05, 0) is 110 Å². The molecule has 208 valence electrons. The van der Waals surface area contributed by atoms with Crippen LogP contribution in [0.25, 0.3) is 10.9 Å². The van der Waals surface area contributed by atoms with Crippen molar-refractivity contribution in [2.45, 2.75) is 97.2 Å². The molecule has 0 saturated heterocycles. The second kappa shape index (κ2) is 9.36. The third-order valence-corrected chi connectivity index (χ3v) is 12.0. The highest BCUT2D eigenvalue weighted by molar-refractivity contribution is 5.77. The quantitative estimate of drug-likeness (QED) is 0.506. The van der Waals surface area contributed by atoms with Crippen LogP contribution in [-0.2, 0) is 6.42 Å². The molecule has 1 aromatic carbocycles. The van der Waals surface area contributed by atoms with Gasteiger partial charge < -0.3 is 14.6 Å². The van der Waals surface area contributed by atoms with Crippen molar-refractivity contribution >= 4 is 10.9 Å². The Kier molecular flexibility index (Phi) is 6.50. The molecule has 4 fully saturated rings. The van der Waals surface area contributed by atoms with E-state index in [4.69, 9.17) is 4.42 Å². The summed E-state index contributed by atoms with van der Waals surface area (Å²) in [5, 5.41) is 22.0. The third-order valence-electron chi connectivity index (χ3n) is 12.0. The SMILES string of the molecule is C[C@H](CCc1nc2cc(F)c(F)cc2c(=O)o1)[C@H]1CC[C@H]2[C@@H]3CC[C@@H]4C[C@H](O)CC[C@]4(C)C3C[C@H](O)[C@]12C. The summed E-state index contributed by atoms with van der Waals surface area (Å²) in [6.45, 7) is 6.99. The van der Waals surface area contributed by atoms with Crippen molar-refractivity contribution in [1.82, 2.24) is 4.98 Å². The first-order valence-corrected chi connectivity index (χ1v) is 14.7. The lowest BCUT2D eigenvalue weighted by atomic mass is 9.43. The maximum Gasteiger partial charge on any atom is 0.346 e. The van der Waals surface area contributed by atoms with Crippen molar-refractivity contribution in [3.8, 4) is 0 Å². The molecule has 0 amide bonds. The van der Waals surface area contributed by atoms with E-state index < -0.39 is 17.3 Å². The third kappa shape index (κ3) is 3.97. The molecule has 4 saturated carbocycles. The highest BCUT2D eigenvalue weighted by atomic mass is 19.2. The maximum absolute atomic E-state index is 13.7. The molecule has 1 unspecified atom stereocenters. The number of halogens is 2. The van der Waals surface area contributed by atoms with Gasteiger partial charge in [0.05, 0.1) is 23.1 Å². The normalized spacial score (nSPS) is 41.4. The number of benzene rings is 1. The molecule has 10 atom stereocenters. The maximum atomic E-state index is 13.7. The van der Waals surface area contributed by atoms with Crippen molar-refractivity contribution in [3.63, 3.8) is 0 Å². The standard InChI is InChI=1S/C31H41F2NO4/c1-16(4-9-28-34-26-15-25(33)24(32)13-20(26)29(37)38-28)21-7-8-22-19-6-5-17-12-18(35)10-11-30(17,2)23(19)14-27(36)31(21,22)3/h13,15-19,21-23,27,35-36H,4-12,14H2,1-3H3/t16-,17-,18-,19+,21-,22+,23?,27+,30+,31-/m1/s1. The first-order chi connectivity index (χ1) is 18.0. The molecule has 0 radical (unpaired) electrons. The van der Waals surface area contributed by atoms with Crippen LogP contribution in [0.2, 0.25) is 0 Å². The molecule has 1 heterocycles. The molecule has 2 aromatic rings. The Morgan fingerprint density at radius 1 is 1.05 bits per heavy atom. The Morgan fingerprint density at radius 2 is 1.82 bits per heavy atom. The van der Waals surface area contributed by atoms with E-state index in [1.54, 1.807) is 0 Å². The topological polar surface area (TPSA) is 83.6 Å². The fourth-order valence-corrected chi connectivity index (χ4v) is 9.93. The van der Waals surface area contributed by atoms with Crippen LogP contribution in [0, 0.1) is 58.0 Å². The predicted molar refractivity (Wildman–Crippen MR) is 140 cm³/mol. The van der Waals surface area contributed by atoms with Crippen molar-refractivity contribution in [2.75, 3.05) is 0 Å². The number of hydrogen-bond acceptors (Lipinski definition) is 5. The van der Waals surface area contributed by atoms with Gasteiger partial charge in [0.25, 0.3) is 0 Å². The number of aromatic nitrogens is 1. The summed E-state index contributed by atoms with van der Waals surface area (Å²) in [6, 6.07) is 1.80. The molecule has 1 aromatic heterocycles. The molecule has 0 bridgehead atoms. The van der Waals surface area contributed by atoms with Gasteiger partial charge in [-0.3, -0.25) is 0 Å². The lowest BCUT2D eigenvalue weighted by Gasteiger charge is -2.62. The second-order valence-electron chi connectivity index (χ2n) is 13.6. The predicted octanol–water partition coefficient (Wildman–Crippen LogP) is 6.03. The Balaban J connectivity index is 1.19. The molecule has 4 aliphatic carbocycles. The minimum Gasteiger partial charge on any atom is -0.408 e. The Hall–Kier alpha value is -1.86. The molecule has 0 aliphatic heterocycles. The molecule has 5 nitrogen and oxygen atoms in total. The van der Waals surface area contributed by atoms with Gasteiger partial charge in [0.15, 0.2) is 17.5 Å². The van der Waals surface area contributed by atoms with Gasteiger partial charge >= 0.3 is 5.63 Å². The molecule has 0 spiro atoms. The van der Waals surface area contributed by atoms with Crippen molar-refractivity contribution < 1.29 is 23.4 Å². The van der Waals surface area contributed by atoms with Crippen LogP contribution in [0.3, 0.4) is 0 Å². The highest BCUT2D eigenvalue weighted by Gasteiger charge is 2.63. The highest BCUT2D eigenvalue weighted by Crippen LogP contribution is 2.68. The van der Waals surface area contributed by atoms with E-state index in [1.165, 1.54) is 12.8 Å². The number of aliphatic hydroxyl groups is 2. The summed E-state index contributed by atoms with van der Waals surface area (Å²) in [6.07, 6.45) is 9.01. The smallest absolute Gasteiger partial charge is 0.346 e. The van der Waals surface area contributed by atoms with Gasteiger partial charge in [0, 0.05) is 12.5 Å². The molecule has 7 heteroatoms. The minimum atomic E-state index is -1.09. The number of aryl methyl sites for hydroxylation is 1.